The molecule has 23 heavy (non-hydrogen) atoms. The molecule has 134 valence electrons. The third-order valence-corrected chi connectivity index (χ3v) is 5.56. The average Bonchev–Trinajstić information content (AvgIpc) is 3.34. The van der Waals surface area contributed by atoms with Crippen molar-refractivity contribution in [2.75, 3.05) is 19.8 Å². The van der Waals surface area contributed by atoms with Crippen molar-refractivity contribution in [2.24, 2.45) is 0 Å². The summed E-state index contributed by atoms with van der Waals surface area (Å²) in [5, 5.41) is 0. The first-order valence-electron chi connectivity index (χ1n) is 9.86. The molecular weight excluding hydrogens is 292 g/mol. The predicted octanol–water partition coefficient (Wildman–Crippen LogP) is 4.56. The molecule has 4 fully saturated rings. The molecule has 4 aliphatic rings. The van der Waals surface area contributed by atoms with Gasteiger partial charge in [0, 0.05) is 25.7 Å². The normalized spacial score (nSPS) is 35.1. The minimum Gasteiger partial charge on any atom is -0.350 e. The first kappa shape index (κ1) is 17.7. The summed E-state index contributed by atoms with van der Waals surface area (Å²) >= 11 is 0. The molecule has 4 aliphatic heterocycles. The summed E-state index contributed by atoms with van der Waals surface area (Å²) in [4.78, 5) is 0. The third kappa shape index (κ3) is 4.68. The topological polar surface area (TPSA) is 36.9 Å². The van der Waals surface area contributed by atoms with Gasteiger partial charge in [0.2, 0.25) is 0 Å². The van der Waals surface area contributed by atoms with Gasteiger partial charge in [0.05, 0.1) is 25.9 Å². The van der Waals surface area contributed by atoms with Crippen LogP contribution in [-0.2, 0) is 18.9 Å². The summed E-state index contributed by atoms with van der Waals surface area (Å²) in [6.07, 6.45) is 14.9. The largest absolute Gasteiger partial charge is 0.350 e. The minimum absolute atomic E-state index is 0.111. The second-order valence-electron chi connectivity index (χ2n) is 7.45. The zero-order valence-corrected chi connectivity index (χ0v) is 14.8. The standard InChI is InChI=1S/C12H22O2.C7H12O2/c1-2-3-4-6-11-7-9-12(14-11)8-5-10-13-12;1-3-7(8-5-1)4-2-6-9-7/h11H,2-10H2,1H3;1-6H2. The molecule has 2 unspecified atom stereocenters. The van der Waals surface area contributed by atoms with Crippen molar-refractivity contribution in [3.63, 3.8) is 0 Å². The highest BCUT2D eigenvalue weighted by molar-refractivity contribution is 4.84. The highest BCUT2D eigenvalue weighted by Gasteiger charge is 2.43. The van der Waals surface area contributed by atoms with Crippen molar-refractivity contribution >= 4 is 0 Å². The van der Waals surface area contributed by atoms with Gasteiger partial charge < -0.3 is 18.9 Å². The van der Waals surface area contributed by atoms with Gasteiger partial charge in [0.1, 0.15) is 0 Å². The molecule has 0 aromatic heterocycles. The third-order valence-electron chi connectivity index (χ3n) is 5.56. The van der Waals surface area contributed by atoms with Gasteiger partial charge >= 0.3 is 0 Å². The lowest BCUT2D eigenvalue weighted by Crippen LogP contribution is -2.27. The number of rotatable bonds is 4. The van der Waals surface area contributed by atoms with E-state index in [-0.39, 0.29) is 11.6 Å². The quantitative estimate of drug-likeness (QED) is 0.710. The van der Waals surface area contributed by atoms with E-state index in [4.69, 9.17) is 18.9 Å². The maximum Gasteiger partial charge on any atom is 0.168 e. The van der Waals surface area contributed by atoms with Crippen molar-refractivity contribution in [2.45, 2.75) is 102 Å². The summed E-state index contributed by atoms with van der Waals surface area (Å²) < 4.78 is 22.7. The highest BCUT2D eigenvalue weighted by atomic mass is 16.7. The van der Waals surface area contributed by atoms with Gasteiger partial charge in [-0.3, -0.25) is 0 Å². The Balaban J connectivity index is 0.000000149. The van der Waals surface area contributed by atoms with Crippen LogP contribution < -0.4 is 0 Å². The number of hydrogen-bond acceptors (Lipinski definition) is 4. The molecule has 4 saturated heterocycles. The Morgan fingerprint density at radius 1 is 0.783 bits per heavy atom. The fourth-order valence-corrected chi connectivity index (χ4v) is 4.24. The van der Waals surface area contributed by atoms with E-state index < -0.39 is 0 Å². The Morgan fingerprint density at radius 2 is 1.39 bits per heavy atom. The van der Waals surface area contributed by atoms with E-state index in [1.165, 1.54) is 51.4 Å². The molecule has 0 aliphatic carbocycles. The van der Waals surface area contributed by atoms with Crippen LogP contribution in [0.4, 0.5) is 0 Å². The Bertz CT molecular complexity index is 322. The van der Waals surface area contributed by atoms with E-state index in [1.807, 2.05) is 0 Å². The number of unbranched alkanes of at least 4 members (excludes halogenated alkanes) is 2. The van der Waals surface area contributed by atoms with E-state index in [0.29, 0.717) is 6.10 Å². The molecule has 0 bridgehead atoms. The molecule has 0 N–H and O–H groups in total. The lowest BCUT2D eigenvalue weighted by molar-refractivity contribution is -0.199. The lowest BCUT2D eigenvalue weighted by Gasteiger charge is -2.23. The molecule has 4 rings (SSSR count). The van der Waals surface area contributed by atoms with Crippen LogP contribution in [0.3, 0.4) is 0 Å². The monoisotopic (exact) mass is 326 g/mol. The first-order valence-corrected chi connectivity index (χ1v) is 9.86. The van der Waals surface area contributed by atoms with E-state index in [2.05, 4.69) is 6.92 Å². The highest BCUT2D eigenvalue weighted by Crippen LogP contribution is 2.40. The molecule has 0 amide bonds. The van der Waals surface area contributed by atoms with Crippen molar-refractivity contribution in [3.05, 3.63) is 0 Å². The molecule has 4 nitrogen and oxygen atoms in total. The van der Waals surface area contributed by atoms with Crippen LogP contribution in [-0.4, -0.2) is 37.5 Å². The Kier molecular flexibility index (Phi) is 6.36. The van der Waals surface area contributed by atoms with E-state index in [1.54, 1.807) is 0 Å². The second-order valence-corrected chi connectivity index (χ2v) is 7.45. The average molecular weight is 326 g/mol. The summed E-state index contributed by atoms with van der Waals surface area (Å²) in [5.41, 5.74) is 0. The van der Waals surface area contributed by atoms with Gasteiger partial charge in [-0.05, 0) is 32.1 Å². The van der Waals surface area contributed by atoms with Gasteiger partial charge in [-0.25, -0.2) is 0 Å². The predicted molar refractivity (Wildman–Crippen MR) is 89.3 cm³/mol. The minimum atomic E-state index is -0.142. The van der Waals surface area contributed by atoms with Crippen LogP contribution in [0.5, 0.6) is 0 Å². The summed E-state index contributed by atoms with van der Waals surface area (Å²) in [6.45, 7) is 4.96. The molecule has 0 radical (unpaired) electrons. The molecule has 0 aromatic carbocycles. The van der Waals surface area contributed by atoms with Gasteiger partial charge in [0.15, 0.2) is 11.6 Å². The summed E-state index contributed by atoms with van der Waals surface area (Å²) in [5.74, 6) is -0.253. The molecule has 2 spiro atoms. The number of ether oxygens (including phenoxy) is 4. The van der Waals surface area contributed by atoms with E-state index in [0.717, 1.165) is 45.5 Å². The second kappa shape index (κ2) is 8.28. The fraction of sp³-hybridized carbons (Fsp3) is 1.00. The molecule has 4 heterocycles. The summed E-state index contributed by atoms with van der Waals surface area (Å²) in [6, 6.07) is 0. The molecule has 4 heteroatoms. The van der Waals surface area contributed by atoms with Crippen molar-refractivity contribution < 1.29 is 18.9 Å². The Morgan fingerprint density at radius 3 is 1.91 bits per heavy atom. The van der Waals surface area contributed by atoms with Gasteiger partial charge in [-0.15, -0.1) is 0 Å². The van der Waals surface area contributed by atoms with Crippen LogP contribution in [0.2, 0.25) is 0 Å². The van der Waals surface area contributed by atoms with Crippen LogP contribution in [0.1, 0.15) is 84.0 Å². The van der Waals surface area contributed by atoms with Crippen molar-refractivity contribution in [1.29, 1.82) is 0 Å². The zero-order chi connectivity index (χ0) is 16.0. The maximum atomic E-state index is 6.03. The van der Waals surface area contributed by atoms with Gasteiger partial charge in [-0.2, -0.15) is 0 Å². The van der Waals surface area contributed by atoms with Crippen LogP contribution >= 0.6 is 0 Å². The van der Waals surface area contributed by atoms with Crippen molar-refractivity contribution in [1.82, 2.24) is 0 Å². The van der Waals surface area contributed by atoms with Crippen LogP contribution in [0.25, 0.3) is 0 Å². The molecule has 0 aromatic rings. The SMILES string of the molecule is C1COC2(C1)CCCO2.CCCCCC1CCC2(CCCO2)O1. The van der Waals surface area contributed by atoms with Crippen molar-refractivity contribution in [3.8, 4) is 0 Å². The molecule has 2 atom stereocenters. The van der Waals surface area contributed by atoms with E-state index >= 15 is 0 Å². The summed E-state index contributed by atoms with van der Waals surface area (Å²) in [7, 11) is 0. The first-order chi connectivity index (χ1) is 11.3. The lowest BCUT2D eigenvalue weighted by atomic mass is 10.1. The smallest absolute Gasteiger partial charge is 0.168 e. The fourth-order valence-electron chi connectivity index (χ4n) is 4.24. The van der Waals surface area contributed by atoms with E-state index in [9.17, 15) is 0 Å². The van der Waals surface area contributed by atoms with Crippen LogP contribution in [0.15, 0.2) is 0 Å². The van der Waals surface area contributed by atoms with Crippen LogP contribution in [0, 0.1) is 0 Å². The molecular formula is C19H34O4. The Labute approximate surface area is 141 Å². The molecule has 0 saturated carbocycles. The number of hydrogen-bond donors (Lipinski definition) is 0. The zero-order valence-electron chi connectivity index (χ0n) is 14.8. The maximum absolute atomic E-state index is 6.03. The van der Waals surface area contributed by atoms with Gasteiger partial charge in [0.25, 0.3) is 0 Å². The van der Waals surface area contributed by atoms with Gasteiger partial charge in [-0.1, -0.05) is 26.2 Å². The Hall–Kier alpha value is -0.160.